The van der Waals surface area contributed by atoms with E-state index in [-0.39, 0.29) is 0 Å². The summed E-state index contributed by atoms with van der Waals surface area (Å²) in [4.78, 5) is 12.8. The van der Waals surface area contributed by atoms with E-state index in [1.54, 1.807) is 0 Å². The smallest absolute Gasteiger partial charge is 0.249 e. The number of rotatable bonds is 8. The minimum absolute atomic E-state index is 0.524. The molecule has 0 N–H and O–H groups in total. The van der Waals surface area contributed by atoms with Gasteiger partial charge in [-0.3, -0.25) is 4.79 Å². The highest BCUT2D eigenvalue weighted by Crippen LogP contribution is 2.30. The third kappa shape index (κ3) is 5.12. The fourth-order valence-electron chi connectivity index (χ4n) is 2.64. The van der Waals surface area contributed by atoms with Crippen molar-refractivity contribution in [3.05, 3.63) is 0 Å². The van der Waals surface area contributed by atoms with Crippen LogP contribution in [0.1, 0.15) is 6.92 Å². The minimum Gasteiger partial charge on any atom is -0.340 e. The van der Waals surface area contributed by atoms with Gasteiger partial charge in [0.1, 0.15) is 0 Å². The fourth-order valence-corrected chi connectivity index (χ4v) is 2.64. The Kier molecular flexibility index (Phi) is 7.12. The van der Waals surface area contributed by atoms with E-state index >= 15 is 0 Å². The number of likely N-dealkylation sites (tertiary alicyclic amines) is 1. The largest absolute Gasteiger partial charge is 0.340 e. The monoisotopic (exact) mass is 373 g/mol. The van der Waals surface area contributed by atoms with Gasteiger partial charge < -0.3 is 4.90 Å². The van der Waals surface area contributed by atoms with Crippen molar-refractivity contribution >= 4 is 5.91 Å². The number of carbonyl (C=O) groups excluding carboxylic acids is 1. The molecule has 14 heteroatoms. The van der Waals surface area contributed by atoms with Gasteiger partial charge in [0.05, 0.1) is 19.6 Å². The van der Waals surface area contributed by atoms with E-state index in [4.69, 9.17) is 0 Å². The Labute approximate surface area is 131 Å². The molecule has 1 heterocycles. The van der Waals surface area contributed by atoms with Crippen molar-refractivity contribution in [2.75, 3.05) is 32.7 Å². The topological polar surface area (TPSA) is 33.3 Å². The van der Waals surface area contributed by atoms with Crippen LogP contribution >= 0.6 is 0 Å². The molecule has 0 spiro atoms. The summed E-state index contributed by atoms with van der Waals surface area (Å²) in [5, 5.41) is -5.87. The van der Waals surface area contributed by atoms with Crippen LogP contribution in [0.2, 0.25) is 0 Å². The average molecular weight is 373 g/mol. The fraction of sp³-hybridized carbons (Fsp3) is 0.900. The Morgan fingerprint density at radius 2 is 1.33 bits per heavy atom. The number of hydrogen-bond acceptors (Lipinski definition) is 5. The van der Waals surface area contributed by atoms with Crippen molar-refractivity contribution in [3.8, 4) is 0 Å². The molecular weight excluding hydrogens is 358 g/mol. The van der Waals surface area contributed by atoms with Crippen molar-refractivity contribution in [2.45, 2.75) is 12.5 Å². The standard InChI is InChI=1S/C10H15F8N5O/c1-10(23(17)18,6-22(15)16)9(24)19-2-7(4-20(11)12)8(3-19)5-21(13)14/h7-8H,2-6H2,1H3. The molecule has 0 bridgehead atoms. The quantitative estimate of drug-likeness (QED) is 0.481. The molecule has 0 aliphatic carbocycles. The zero-order chi connectivity index (χ0) is 18.7. The summed E-state index contributed by atoms with van der Waals surface area (Å²) in [6.45, 7) is -4.09. The second-order valence-electron chi connectivity index (χ2n) is 5.67. The molecule has 0 radical (unpaired) electrons. The molecule has 3 atom stereocenters. The highest BCUT2D eigenvalue weighted by molar-refractivity contribution is 5.86. The number of amides is 1. The highest BCUT2D eigenvalue weighted by atomic mass is 19.4. The van der Waals surface area contributed by atoms with E-state index in [1.807, 2.05) is 0 Å². The molecule has 0 aromatic heterocycles. The Bertz CT molecular complexity index is 410. The van der Waals surface area contributed by atoms with Gasteiger partial charge in [-0.2, -0.15) is 0 Å². The Balaban J connectivity index is 2.93. The Morgan fingerprint density at radius 3 is 1.62 bits per heavy atom. The van der Waals surface area contributed by atoms with Crippen molar-refractivity contribution < 1.29 is 40.6 Å². The highest BCUT2D eigenvalue weighted by Gasteiger charge is 2.50. The van der Waals surface area contributed by atoms with Crippen molar-refractivity contribution in [2.24, 2.45) is 11.8 Å². The molecular formula is C10H15F8N5O. The van der Waals surface area contributed by atoms with Crippen molar-refractivity contribution in [3.63, 3.8) is 0 Å². The molecule has 142 valence electrons. The van der Waals surface area contributed by atoms with Gasteiger partial charge in [-0.25, -0.2) is 0 Å². The summed E-state index contributed by atoms with van der Waals surface area (Å²) in [5.74, 6) is -3.71. The van der Waals surface area contributed by atoms with Crippen LogP contribution in [0.4, 0.5) is 35.9 Å². The van der Waals surface area contributed by atoms with Crippen LogP contribution in [0.3, 0.4) is 0 Å². The molecule has 1 amide bonds. The molecule has 3 unspecified atom stereocenters. The molecule has 0 aromatic carbocycles. The molecule has 6 nitrogen and oxygen atoms in total. The average Bonchev–Trinajstić information content (AvgIpc) is 2.78. The summed E-state index contributed by atoms with van der Waals surface area (Å²) in [5.41, 5.74) is -2.95. The van der Waals surface area contributed by atoms with Crippen LogP contribution in [0.25, 0.3) is 0 Å². The van der Waals surface area contributed by atoms with Crippen LogP contribution in [0.5, 0.6) is 0 Å². The normalized spacial score (nSPS) is 24.5. The number of nitrogens with zero attached hydrogens (tertiary/aromatic N) is 5. The SMILES string of the molecule is CC(CN(F)F)(C(=O)N1CC(CN(F)F)C(CN(F)F)C1)N(F)F. The first-order valence-electron chi connectivity index (χ1n) is 6.65. The zero-order valence-corrected chi connectivity index (χ0v) is 12.4. The Hall–Kier alpha value is -1.25. The molecule has 1 saturated heterocycles. The van der Waals surface area contributed by atoms with Crippen LogP contribution in [-0.2, 0) is 4.79 Å². The van der Waals surface area contributed by atoms with Crippen molar-refractivity contribution in [1.82, 2.24) is 26.3 Å². The zero-order valence-electron chi connectivity index (χ0n) is 12.4. The first kappa shape index (κ1) is 20.8. The second-order valence-corrected chi connectivity index (χ2v) is 5.67. The lowest BCUT2D eigenvalue weighted by Gasteiger charge is -2.31. The molecule has 1 rings (SSSR count). The van der Waals surface area contributed by atoms with Gasteiger partial charge in [-0.1, -0.05) is 0 Å². The van der Waals surface area contributed by atoms with Gasteiger partial charge in [-0.15, -0.1) is 35.9 Å². The predicted molar refractivity (Wildman–Crippen MR) is 62.8 cm³/mol. The predicted octanol–water partition coefficient (Wildman–Crippen LogP) is 2.10. The molecule has 24 heavy (non-hydrogen) atoms. The van der Waals surface area contributed by atoms with Gasteiger partial charge >= 0.3 is 0 Å². The Morgan fingerprint density at radius 1 is 0.917 bits per heavy atom. The molecule has 1 fully saturated rings. The first-order valence-corrected chi connectivity index (χ1v) is 6.65. The second kappa shape index (κ2) is 8.22. The van der Waals surface area contributed by atoms with Crippen LogP contribution in [0.15, 0.2) is 0 Å². The lowest BCUT2D eigenvalue weighted by atomic mass is 9.96. The van der Waals surface area contributed by atoms with Gasteiger partial charge in [0.25, 0.3) is 0 Å². The van der Waals surface area contributed by atoms with Gasteiger partial charge in [-0.05, 0) is 6.92 Å². The van der Waals surface area contributed by atoms with Crippen LogP contribution < -0.4 is 0 Å². The van der Waals surface area contributed by atoms with E-state index in [0.717, 1.165) is 0 Å². The maximum absolute atomic E-state index is 12.9. The number of halogens is 8. The summed E-state index contributed by atoms with van der Waals surface area (Å²) in [6.07, 6.45) is 0. The number of hydrogen-bond donors (Lipinski definition) is 0. The summed E-state index contributed by atoms with van der Waals surface area (Å²) >= 11 is 0. The number of carbonyl (C=O) groups is 1. The van der Waals surface area contributed by atoms with Crippen molar-refractivity contribution in [1.29, 1.82) is 0 Å². The van der Waals surface area contributed by atoms with Crippen LogP contribution in [-0.4, -0.2) is 70.4 Å². The van der Waals surface area contributed by atoms with E-state index in [9.17, 15) is 40.6 Å². The maximum Gasteiger partial charge on any atom is 0.249 e. The third-order valence-electron chi connectivity index (χ3n) is 3.87. The molecule has 1 aliphatic rings. The summed E-state index contributed by atoms with van der Waals surface area (Å²) < 4.78 is 99.9. The van der Waals surface area contributed by atoms with E-state index in [0.29, 0.717) is 11.8 Å². The molecule has 0 saturated carbocycles. The van der Waals surface area contributed by atoms with Crippen LogP contribution in [0, 0.1) is 11.8 Å². The third-order valence-corrected chi connectivity index (χ3v) is 3.87. The maximum atomic E-state index is 12.9. The molecule has 1 aliphatic heterocycles. The van der Waals surface area contributed by atoms with E-state index < -0.39 is 77.4 Å². The van der Waals surface area contributed by atoms with E-state index in [1.165, 1.54) is 0 Å². The summed E-state index contributed by atoms with van der Waals surface area (Å²) in [6, 6.07) is 0. The van der Waals surface area contributed by atoms with Gasteiger partial charge in [0.15, 0.2) is 5.54 Å². The molecule has 0 aromatic rings. The van der Waals surface area contributed by atoms with Gasteiger partial charge in [0, 0.05) is 46.3 Å². The first-order chi connectivity index (χ1) is 11.0. The van der Waals surface area contributed by atoms with E-state index in [2.05, 4.69) is 0 Å². The minimum atomic E-state index is -2.95. The summed E-state index contributed by atoms with van der Waals surface area (Å²) in [7, 11) is 0. The lowest BCUT2D eigenvalue weighted by Crippen LogP contribution is -2.56. The van der Waals surface area contributed by atoms with Gasteiger partial charge in [0.2, 0.25) is 5.91 Å². The lowest BCUT2D eigenvalue weighted by molar-refractivity contribution is -0.261.